The van der Waals surface area contributed by atoms with Crippen LogP contribution in [0.4, 0.5) is 13.2 Å². The predicted octanol–water partition coefficient (Wildman–Crippen LogP) is 3.96. The number of nitrogens with zero attached hydrogens (tertiary/aromatic N) is 5. The van der Waals surface area contributed by atoms with Crippen LogP contribution < -0.4 is 5.32 Å². The average molecular weight is 494 g/mol. The fraction of sp³-hybridized carbons (Fsp3) is 0.200. The van der Waals surface area contributed by atoms with Crippen molar-refractivity contribution in [1.82, 2.24) is 29.9 Å². The fourth-order valence-electron chi connectivity index (χ4n) is 4.23. The van der Waals surface area contributed by atoms with E-state index in [1.165, 1.54) is 10.7 Å². The minimum absolute atomic E-state index is 0.309. The van der Waals surface area contributed by atoms with Crippen molar-refractivity contribution in [3.63, 3.8) is 0 Å². The van der Waals surface area contributed by atoms with E-state index >= 15 is 0 Å². The quantitative estimate of drug-likeness (QED) is 0.386. The average Bonchev–Trinajstić information content (AvgIpc) is 3.41. The summed E-state index contributed by atoms with van der Waals surface area (Å²) in [7, 11) is 1.67. The molecule has 11 heteroatoms. The van der Waals surface area contributed by atoms with Gasteiger partial charge in [0.05, 0.1) is 29.5 Å². The van der Waals surface area contributed by atoms with Gasteiger partial charge in [0.1, 0.15) is 11.2 Å². The van der Waals surface area contributed by atoms with E-state index in [4.69, 9.17) is 0 Å². The van der Waals surface area contributed by atoms with Crippen LogP contribution in [0.1, 0.15) is 28.5 Å². The summed E-state index contributed by atoms with van der Waals surface area (Å²) in [4.78, 5) is 16.8. The number of rotatable bonds is 5. The molecular weight excluding hydrogens is 473 g/mol. The number of amides is 1. The van der Waals surface area contributed by atoms with Gasteiger partial charge < -0.3 is 10.4 Å². The first-order valence-electron chi connectivity index (χ1n) is 11.0. The fourth-order valence-corrected chi connectivity index (χ4v) is 4.23. The van der Waals surface area contributed by atoms with E-state index in [0.29, 0.717) is 33.3 Å². The highest BCUT2D eigenvalue weighted by Crippen LogP contribution is 2.33. The molecule has 36 heavy (non-hydrogen) atoms. The van der Waals surface area contributed by atoms with Crippen LogP contribution in [0, 0.1) is 0 Å². The van der Waals surface area contributed by atoms with E-state index in [1.54, 1.807) is 36.7 Å². The molecule has 0 aliphatic heterocycles. The summed E-state index contributed by atoms with van der Waals surface area (Å²) in [5, 5.41) is 21.8. The lowest BCUT2D eigenvalue weighted by Gasteiger charge is -2.29. The van der Waals surface area contributed by atoms with Crippen molar-refractivity contribution in [1.29, 1.82) is 0 Å². The van der Waals surface area contributed by atoms with Crippen LogP contribution in [0.3, 0.4) is 0 Å². The molecule has 1 amide bonds. The Kier molecular flexibility index (Phi) is 5.51. The van der Waals surface area contributed by atoms with Gasteiger partial charge in [0.25, 0.3) is 5.91 Å². The van der Waals surface area contributed by atoms with E-state index in [0.717, 1.165) is 17.8 Å². The number of hydrogen-bond donors (Lipinski definition) is 2. The first-order valence-corrected chi connectivity index (χ1v) is 11.0. The molecule has 1 unspecified atom stereocenters. The van der Waals surface area contributed by atoms with Gasteiger partial charge in [0, 0.05) is 18.0 Å². The smallest absolute Gasteiger partial charge is 0.394 e. The third-order valence-electron chi connectivity index (χ3n) is 6.18. The van der Waals surface area contributed by atoms with Gasteiger partial charge >= 0.3 is 6.18 Å². The first-order chi connectivity index (χ1) is 17.1. The molecule has 0 bridgehead atoms. The number of carbonyl (C=O) groups is 1. The van der Waals surface area contributed by atoms with Crippen molar-refractivity contribution in [2.24, 2.45) is 7.05 Å². The third-order valence-corrected chi connectivity index (χ3v) is 6.18. The number of aliphatic hydroxyl groups is 1. The minimum Gasteiger partial charge on any atom is -0.394 e. The number of hydrogen-bond acceptors (Lipinski definition) is 5. The van der Waals surface area contributed by atoms with Crippen molar-refractivity contribution in [3.8, 4) is 5.69 Å². The number of fused-ring (bicyclic) bond motifs is 3. The molecular formula is C25H21F3N6O2. The molecule has 3 aromatic heterocycles. The lowest BCUT2D eigenvalue weighted by atomic mass is 9.92. The normalized spacial score (nSPS) is 13.7. The van der Waals surface area contributed by atoms with Gasteiger partial charge in [-0.05, 0) is 42.8 Å². The second-order valence-corrected chi connectivity index (χ2v) is 8.66. The summed E-state index contributed by atoms with van der Waals surface area (Å²) in [5.74, 6) is -0.404. The molecule has 0 fully saturated rings. The lowest BCUT2D eigenvalue weighted by Crippen LogP contribution is -2.46. The van der Waals surface area contributed by atoms with Crippen LogP contribution in [0.15, 0.2) is 66.9 Å². The molecule has 5 rings (SSSR count). The summed E-state index contributed by atoms with van der Waals surface area (Å²) in [6, 6.07) is 16.3. The maximum atomic E-state index is 13.2. The van der Waals surface area contributed by atoms with Crippen LogP contribution >= 0.6 is 0 Å². The van der Waals surface area contributed by atoms with Crippen molar-refractivity contribution >= 4 is 28.0 Å². The van der Waals surface area contributed by atoms with Gasteiger partial charge in [-0.15, -0.1) is 5.10 Å². The number of alkyl halides is 3. The number of aryl methyl sites for hydroxylation is 1. The third kappa shape index (κ3) is 3.87. The highest BCUT2D eigenvalue weighted by Gasteiger charge is 2.32. The second-order valence-electron chi connectivity index (χ2n) is 8.66. The standard InChI is InChI=1S/C25H21F3N6O2/c1-24(14-35,16-6-4-3-5-7-16)30-22(36)15-8-10-19-18(12-15)21-23(33(2)32-31-21)34(19)17-9-11-20(29-13-17)25(26,27)28/h3-13,35H,14H2,1-2H3,(H,30,36). The van der Waals surface area contributed by atoms with Crippen molar-refractivity contribution in [2.75, 3.05) is 6.61 Å². The topological polar surface area (TPSA) is 97.9 Å². The Labute approximate surface area is 203 Å². The molecule has 2 aromatic carbocycles. The zero-order chi connectivity index (χ0) is 25.7. The van der Waals surface area contributed by atoms with Gasteiger partial charge in [-0.25, -0.2) is 9.67 Å². The van der Waals surface area contributed by atoms with Gasteiger partial charge in [-0.1, -0.05) is 35.5 Å². The molecule has 2 N–H and O–H groups in total. The monoisotopic (exact) mass is 494 g/mol. The van der Waals surface area contributed by atoms with E-state index < -0.39 is 23.3 Å². The van der Waals surface area contributed by atoms with Crippen LogP contribution in [0.5, 0.6) is 0 Å². The summed E-state index contributed by atoms with van der Waals surface area (Å²) >= 11 is 0. The summed E-state index contributed by atoms with van der Waals surface area (Å²) in [6.45, 7) is 1.42. The maximum Gasteiger partial charge on any atom is 0.433 e. The summed E-state index contributed by atoms with van der Waals surface area (Å²) in [6.07, 6.45) is -3.41. The molecule has 0 spiro atoms. The van der Waals surface area contributed by atoms with Crippen molar-refractivity contribution in [2.45, 2.75) is 18.6 Å². The Balaban J connectivity index is 1.58. The van der Waals surface area contributed by atoms with E-state index in [2.05, 4.69) is 20.6 Å². The maximum absolute atomic E-state index is 13.2. The van der Waals surface area contributed by atoms with E-state index in [1.807, 2.05) is 30.3 Å². The van der Waals surface area contributed by atoms with Crippen molar-refractivity contribution < 1.29 is 23.1 Å². The Morgan fingerprint density at radius 3 is 2.47 bits per heavy atom. The van der Waals surface area contributed by atoms with E-state index in [-0.39, 0.29) is 6.61 Å². The highest BCUT2D eigenvalue weighted by atomic mass is 19.4. The molecule has 0 saturated carbocycles. The van der Waals surface area contributed by atoms with Crippen LogP contribution in [-0.4, -0.2) is 42.2 Å². The number of carbonyl (C=O) groups excluding carboxylic acids is 1. The highest BCUT2D eigenvalue weighted by molar-refractivity contribution is 6.09. The zero-order valence-electron chi connectivity index (χ0n) is 19.3. The molecule has 0 saturated heterocycles. The Morgan fingerprint density at radius 1 is 1.08 bits per heavy atom. The Bertz CT molecular complexity index is 1580. The largest absolute Gasteiger partial charge is 0.433 e. The van der Waals surface area contributed by atoms with Gasteiger partial charge in [0.2, 0.25) is 0 Å². The van der Waals surface area contributed by atoms with Crippen LogP contribution in [0.25, 0.3) is 27.8 Å². The second kappa shape index (κ2) is 8.45. The minimum atomic E-state index is -4.55. The molecule has 0 radical (unpaired) electrons. The number of nitrogens with one attached hydrogen (secondary N) is 1. The Hall–Kier alpha value is -4.25. The number of halogens is 3. The van der Waals surface area contributed by atoms with Crippen LogP contribution in [0.2, 0.25) is 0 Å². The van der Waals surface area contributed by atoms with Crippen molar-refractivity contribution in [3.05, 3.63) is 83.7 Å². The molecule has 1 atom stereocenters. The number of aliphatic hydroxyl groups excluding tert-OH is 1. The molecule has 3 heterocycles. The number of benzene rings is 2. The van der Waals surface area contributed by atoms with Gasteiger partial charge in [0.15, 0.2) is 5.65 Å². The molecule has 8 nitrogen and oxygen atoms in total. The molecule has 0 aliphatic carbocycles. The SMILES string of the molecule is Cn1nnc2c3cc(C(=O)NC(C)(CO)c4ccccc4)ccc3n(-c3ccc(C(F)(F)F)nc3)c21. The number of pyridine rings is 1. The molecule has 184 valence electrons. The lowest BCUT2D eigenvalue weighted by molar-refractivity contribution is -0.141. The Morgan fingerprint density at radius 2 is 1.83 bits per heavy atom. The summed E-state index contributed by atoms with van der Waals surface area (Å²) < 4.78 is 42.2. The predicted molar refractivity (Wildman–Crippen MR) is 126 cm³/mol. The molecule has 5 aromatic rings. The first kappa shape index (κ1) is 23.5. The van der Waals surface area contributed by atoms with E-state index in [9.17, 15) is 23.1 Å². The zero-order valence-corrected chi connectivity index (χ0v) is 19.3. The summed E-state index contributed by atoms with van der Waals surface area (Å²) in [5.41, 5.74) is 1.11. The van der Waals surface area contributed by atoms with Gasteiger partial charge in [-0.3, -0.25) is 9.36 Å². The van der Waals surface area contributed by atoms with Gasteiger partial charge in [-0.2, -0.15) is 13.2 Å². The number of aromatic nitrogens is 5. The molecule has 0 aliphatic rings. The van der Waals surface area contributed by atoms with Crippen LogP contribution in [-0.2, 0) is 18.8 Å².